The maximum Gasteiger partial charge on any atom is 0.334 e. The highest BCUT2D eigenvalue weighted by Crippen LogP contribution is 2.50. The molecule has 0 unspecified atom stereocenters. The van der Waals surface area contributed by atoms with Gasteiger partial charge in [0.1, 0.15) is 0 Å². The second-order valence-corrected chi connectivity index (χ2v) is 9.59. The standard InChI is InChI=1S/C18H32O6P2/c1-7-21-25(19,22-8-2)15-17(5)13-11-12-14-18(6)16-26(20,23-9-3)24-10-4/h13-14H,7-10,15-16H2,1-6H3/b17-13+,18-14+. The molecule has 0 rings (SSSR count). The number of rotatable bonds is 12. The smallest absolute Gasteiger partial charge is 0.309 e. The molecule has 0 radical (unpaired) electrons. The molecule has 0 aromatic carbocycles. The van der Waals surface area contributed by atoms with Gasteiger partial charge in [-0.15, -0.1) is 0 Å². The Morgan fingerprint density at radius 3 is 1.19 bits per heavy atom. The molecule has 0 aromatic heterocycles. The second-order valence-electron chi connectivity index (χ2n) is 5.48. The van der Waals surface area contributed by atoms with Gasteiger partial charge in [-0.1, -0.05) is 23.0 Å². The first kappa shape index (κ1) is 25.3. The Morgan fingerprint density at radius 2 is 0.962 bits per heavy atom. The molecular formula is C18H32O6P2. The van der Waals surface area contributed by atoms with Gasteiger partial charge in [0.25, 0.3) is 0 Å². The van der Waals surface area contributed by atoms with E-state index in [2.05, 4.69) is 11.8 Å². The van der Waals surface area contributed by atoms with Crippen LogP contribution >= 0.6 is 15.2 Å². The van der Waals surface area contributed by atoms with Gasteiger partial charge in [0, 0.05) is 0 Å². The van der Waals surface area contributed by atoms with E-state index in [1.165, 1.54) is 0 Å². The lowest BCUT2D eigenvalue weighted by Gasteiger charge is -2.16. The Bertz CT molecular complexity index is 555. The minimum atomic E-state index is -3.11. The van der Waals surface area contributed by atoms with Crippen LogP contribution < -0.4 is 0 Å². The van der Waals surface area contributed by atoms with Crippen LogP contribution in [0, 0.1) is 11.8 Å². The van der Waals surface area contributed by atoms with Crippen molar-refractivity contribution in [1.29, 1.82) is 0 Å². The van der Waals surface area contributed by atoms with Gasteiger partial charge in [-0.25, -0.2) is 0 Å². The van der Waals surface area contributed by atoms with Gasteiger partial charge >= 0.3 is 15.2 Å². The van der Waals surface area contributed by atoms with Crippen molar-refractivity contribution >= 4 is 15.2 Å². The Hall–Kier alpha value is -0.660. The van der Waals surface area contributed by atoms with E-state index >= 15 is 0 Å². The topological polar surface area (TPSA) is 71.1 Å². The van der Waals surface area contributed by atoms with Crippen LogP contribution in [0.4, 0.5) is 0 Å². The highest BCUT2D eigenvalue weighted by Gasteiger charge is 2.24. The summed E-state index contributed by atoms with van der Waals surface area (Å²) in [6.45, 7) is 12.1. The summed E-state index contributed by atoms with van der Waals surface area (Å²) in [5.41, 5.74) is 1.62. The predicted octanol–water partition coefficient (Wildman–Crippen LogP) is 5.41. The zero-order valence-electron chi connectivity index (χ0n) is 16.7. The Kier molecular flexibility index (Phi) is 13.2. The maximum atomic E-state index is 12.4. The van der Waals surface area contributed by atoms with Crippen molar-refractivity contribution in [2.24, 2.45) is 0 Å². The van der Waals surface area contributed by atoms with Crippen LogP contribution in [-0.2, 0) is 27.2 Å². The summed E-state index contributed by atoms with van der Waals surface area (Å²) < 4.78 is 45.9. The van der Waals surface area contributed by atoms with Gasteiger partial charge < -0.3 is 18.1 Å². The lowest BCUT2D eigenvalue weighted by atomic mass is 10.3. The van der Waals surface area contributed by atoms with E-state index in [0.29, 0.717) is 26.4 Å². The van der Waals surface area contributed by atoms with Gasteiger partial charge in [-0.2, -0.15) is 0 Å². The molecule has 0 heterocycles. The van der Waals surface area contributed by atoms with Crippen molar-refractivity contribution in [2.75, 3.05) is 38.8 Å². The zero-order chi connectivity index (χ0) is 20.1. The normalized spacial score (nSPS) is 13.5. The van der Waals surface area contributed by atoms with E-state index in [9.17, 15) is 9.13 Å². The van der Waals surface area contributed by atoms with Gasteiger partial charge in [0.15, 0.2) is 0 Å². The van der Waals surface area contributed by atoms with Crippen molar-refractivity contribution in [3.05, 3.63) is 23.3 Å². The molecule has 0 aliphatic heterocycles. The van der Waals surface area contributed by atoms with Crippen LogP contribution in [0.2, 0.25) is 0 Å². The van der Waals surface area contributed by atoms with Gasteiger partial charge in [0.05, 0.1) is 38.8 Å². The third-order valence-corrected chi connectivity index (χ3v) is 7.29. The van der Waals surface area contributed by atoms with Crippen molar-refractivity contribution in [3.8, 4) is 11.8 Å². The van der Waals surface area contributed by atoms with Crippen molar-refractivity contribution in [1.82, 2.24) is 0 Å². The van der Waals surface area contributed by atoms with E-state index in [0.717, 1.165) is 11.1 Å². The summed E-state index contributed by atoms with van der Waals surface area (Å²) in [4.78, 5) is 0. The first-order valence-corrected chi connectivity index (χ1v) is 12.3. The minimum Gasteiger partial charge on any atom is -0.309 e. The predicted molar refractivity (Wildman–Crippen MR) is 107 cm³/mol. The largest absolute Gasteiger partial charge is 0.334 e. The molecule has 0 saturated carbocycles. The molecule has 0 N–H and O–H groups in total. The van der Waals surface area contributed by atoms with E-state index in [-0.39, 0.29) is 12.3 Å². The van der Waals surface area contributed by atoms with Crippen LogP contribution in [0.15, 0.2) is 23.3 Å². The summed E-state index contributed by atoms with van der Waals surface area (Å²) in [6, 6.07) is 0. The van der Waals surface area contributed by atoms with E-state index < -0.39 is 15.2 Å². The highest BCUT2D eigenvalue weighted by atomic mass is 31.2. The summed E-state index contributed by atoms with van der Waals surface area (Å²) in [6.07, 6.45) is 3.77. The molecule has 0 bridgehead atoms. The fraction of sp³-hybridized carbons (Fsp3) is 0.667. The van der Waals surface area contributed by atoms with Crippen molar-refractivity contribution in [3.63, 3.8) is 0 Å². The first-order valence-electron chi connectivity index (χ1n) is 8.82. The van der Waals surface area contributed by atoms with E-state index in [4.69, 9.17) is 18.1 Å². The van der Waals surface area contributed by atoms with Crippen LogP contribution in [-0.4, -0.2) is 38.8 Å². The molecule has 0 atom stereocenters. The Morgan fingerprint density at radius 1 is 0.692 bits per heavy atom. The third kappa shape index (κ3) is 11.1. The molecule has 26 heavy (non-hydrogen) atoms. The fourth-order valence-corrected chi connectivity index (χ4v) is 5.57. The van der Waals surface area contributed by atoms with Crippen molar-refractivity contribution in [2.45, 2.75) is 41.5 Å². The van der Waals surface area contributed by atoms with E-state index in [1.54, 1.807) is 39.8 Å². The quantitative estimate of drug-likeness (QED) is 0.319. The molecule has 6 nitrogen and oxygen atoms in total. The number of hydrogen-bond donors (Lipinski definition) is 0. The Balaban J connectivity index is 4.92. The molecule has 0 saturated heterocycles. The van der Waals surface area contributed by atoms with E-state index in [1.807, 2.05) is 13.8 Å². The lowest BCUT2D eigenvalue weighted by Crippen LogP contribution is -2.01. The van der Waals surface area contributed by atoms with Gasteiger partial charge in [0.2, 0.25) is 0 Å². The van der Waals surface area contributed by atoms with Crippen molar-refractivity contribution < 1.29 is 27.2 Å². The molecule has 150 valence electrons. The Labute approximate surface area is 158 Å². The summed E-state index contributed by atoms with van der Waals surface area (Å²) in [7, 11) is -6.22. The van der Waals surface area contributed by atoms with Crippen LogP contribution in [0.5, 0.6) is 0 Å². The minimum absolute atomic E-state index is 0.204. The first-order chi connectivity index (χ1) is 12.2. The van der Waals surface area contributed by atoms with Crippen LogP contribution in [0.25, 0.3) is 0 Å². The van der Waals surface area contributed by atoms with Crippen LogP contribution in [0.3, 0.4) is 0 Å². The molecule has 0 aliphatic rings. The lowest BCUT2D eigenvalue weighted by molar-refractivity contribution is 0.221. The SMILES string of the molecule is CCOP(=O)(C/C(C)=C/C#C/C=C(\C)CP(=O)(OCC)OCC)OCC. The molecule has 0 aliphatic carbocycles. The van der Waals surface area contributed by atoms with Crippen LogP contribution in [0.1, 0.15) is 41.5 Å². The highest BCUT2D eigenvalue weighted by molar-refractivity contribution is 7.54. The average Bonchev–Trinajstić information content (AvgIpc) is 2.52. The fourth-order valence-electron chi connectivity index (χ4n) is 2.08. The molecular weight excluding hydrogens is 374 g/mol. The summed E-state index contributed by atoms with van der Waals surface area (Å²) >= 11 is 0. The third-order valence-electron chi connectivity index (χ3n) is 2.91. The summed E-state index contributed by atoms with van der Waals surface area (Å²) in [5, 5.41) is 0. The molecule has 0 amide bonds. The summed E-state index contributed by atoms with van der Waals surface area (Å²) in [5.74, 6) is 5.76. The number of allylic oxidation sites excluding steroid dienone is 4. The molecule has 0 spiro atoms. The maximum absolute atomic E-state index is 12.4. The molecule has 0 aromatic rings. The monoisotopic (exact) mass is 406 g/mol. The molecule has 0 fully saturated rings. The average molecular weight is 406 g/mol. The second kappa shape index (κ2) is 13.5. The molecule has 8 heteroatoms. The van der Waals surface area contributed by atoms with Gasteiger partial charge in [-0.3, -0.25) is 9.13 Å². The zero-order valence-corrected chi connectivity index (χ0v) is 18.5. The van der Waals surface area contributed by atoms with Gasteiger partial charge in [-0.05, 0) is 53.7 Å². The number of hydrogen-bond acceptors (Lipinski definition) is 6.